The molecule has 0 unspecified atom stereocenters. The van der Waals surface area contributed by atoms with Crippen molar-refractivity contribution < 1.29 is 23.8 Å². The quantitative estimate of drug-likeness (QED) is 0.486. The molecule has 0 radical (unpaired) electrons. The summed E-state index contributed by atoms with van der Waals surface area (Å²) in [5, 5.41) is 14.7. The van der Waals surface area contributed by atoms with Gasteiger partial charge in [-0.3, -0.25) is 0 Å². The van der Waals surface area contributed by atoms with Gasteiger partial charge in [-0.2, -0.15) is 0 Å². The molecule has 0 bridgehead atoms. The van der Waals surface area contributed by atoms with E-state index in [2.05, 4.69) is 10.6 Å². The van der Waals surface area contributed by atoms with Gasteiger partial charge in [0.25, 0.3) is 0 Å². The number of rotatable bonds is 6. The fourth-order valence-corrected chi connectivity index (χ4v) is 3.11. The van der Waals surface area contributed by atoms with E-state index in [1.807, 2.05) is 0 Å². The topological polar surface area (TPSA) is 90.9 Å². The van der Waals surface area contributed by atoms with E-state index < -0.39 is 23.9 Å². The van der Waals surface area contributed by atoms with Crippen LogP contribution in [-0.2, 0) is 4.74 Å². The number of carboxylic acid groups (broad SMARTS) is 1. The summed E-state index contributed by atoms with van der Waals surface area (Å²) in [6.45, 7) is 1.10. The predicted octanol–water partition coefficient (Wildman–Crippen LogP) is 3.07. The van der Waals surface area contributed by atoms with Crippen molar-refractivity contribution in [1.29, 1.82) is 0 Å². The number of ether oxygens (including phenoxy) is 1. The number of amides is 3. The van der Waals surface area contributed by atoms with Crippen LogP contribution in [0.4, 0.5) is 14.0 Å². The summed E-state index contributed by atoms with van der Waals surface area (Å²) in [4.78, 5) is 24.5. The number of hydrogen-bond donors (Lipinski definition) is 3. The average molecular weight is 422 g/mol. The number of nitrogens with one attached hydrogen (secondary N) is 2. The molecule has 2 atom stereocenters. The molecule has 10 heteroatoms. The molecule has 2 rings (SSSR count). The molecule has 1 aromatic rings. The molecule has 0 spiro atoms. The minimum atomic E-state index is -1.07. The van der Waals surface area contributed by atoms with Gasteiger partial charge in [0, 0.05) is 38.0 Å². The van der Waals surface area contributed by atoms with Gasteiger partial charge in [-0.25, -0.2) is 14.0 Å². The first-order valence-corrected chi connectivity index (χ1v) is 9.45. The van der Waals surface area contributed by atoms with E-state index in [9.17, 15) is 19.1 Å². The molecule has 0 saturated carbocycles. The Kier molecular flexibility index (Phi) is 8.40. The lowest BCUT2D eigenvalue weighted by Gasteiger charge is -2.27. The Morgan fingerprint density at radius 3 is 2.81 bits per heavy atom. The highest BCUT2D eigenvalue weighted by atomic mass is 35.5. The van der Waals surface area contributed by atoms with E-state index in [1.165, 1.54) is 17.0 Å². The maximum atomic E-state index is 13.9. The Hall–Kier alpha value is -1.77. The fraction of sp³-hybridized carbons (Fsp3) is 0.529. The van der Waals surface area contributed by atoms with Crippen LogP contribution in [0.25, 0.3) is 0 Å². The van der Waals surface area contributed by atoms with Gasteiger partial charge in [0.1, 0.15) is 5.82 Å². The largest absolute Gasteiger partial charge is 0.465 e. The maximum Gasteiger partial charge on any atom is 0.407 e. The van der Waals surface area contributed by atoms with Gasteiger partial charge in [-0.05, 0) is 24.1 Å². The van der Waals surface area contributed by atoms with Crippen molar-refractivity contribution in [3.63, 3.8) is 0 Å². The molecule has 3 N–H and O–H groups in total. The fourth-order valence-electron chi connectivity index (χ4n) is 2.85. The summed E-state index contributed by atoms with van der Waals surface area (Å²) < 4.78 is 19.7. The molecule has 1 aliphatic rings. The van der Waals surface area contributed by atoms with E-state index in [0.29, 0.717) is 24.4 Å². The second-order valence-corrected chi connectivity index (χ2v) is 6.92. The van der Waals surface area contributed by atoms with Gasteiger partial charge < -0.3 is 25.4 Å². The zero-order valence-electron chi connectivity index (χ0n) is 14.6. The van der Waals surface area contributed by atoms with Crippen LogP contribution in [0.3, 0.4) is 0 Å². The van der Waals surface area contributed by atoms with Crippen LogP contribution >= 0.6 is 23.2 Å². The average Bonchev–Trinajstić information content (AvgIpc) is 2.85. The molecular formula is C17H22Cl2FN3O4. The summed E-state index contributed by atoms with van der Waals surface area (Å²) in [5.41, 5.74) is 0.540. The van der Waals surface area contributed by atoms with E-state index in [0.717, 1.165) is 0 Å². The SMILES string of the molecule is O=C(NCCCCl)NC[C@@H]1CN(C(=O)O)CCO[C@H]1c1ccc(Cl)c(F)c1. The van der Waals surface area contributed by atoms with Crippen LogP contribution in [0.15, 0.2) is 18.2 Å². The molecule has 7 nitrogen and oxygen atoms in total. The van der Waals surface area contributed by atoms with E-state index >= 15 is 0 Å². The van der Waals surface area contributed by atoms with Crippen LogP contribution in [0, 0.1) is 11.7 Å². The monoisotopic (exact) mass is 421 g/mol. The van der Waals surface area contributed by atoms with Crippen molar-refractivity contribution >= 4 is 35.3 Å². The summed E-state index contributed by atoms with van der Waals surface area (Å²) in [7, 11) is 0. The van der Waals surface area contributed by atoms with Crippen molar-refractivity contribution in [1.82, 2.24) is 15.5 Å². The first-order valence-electron chi connectivity index (χ1n) is 8.54. The van der Waals surface area contributed by atoms with Gasteiger partial charge in [0.15, 0.2) is 0 Å². The normalized spacial score (nSPS) is 20.0. The molecular weight excluding hydrogens is 400 g/mol. The minimum absolute atomic E-state index is 0.00659. The highest BCUT2D eigenvalue weighted by Crippen LogP contribution is 2.31. The van der Waals surface area contributed by atoms with Crippen LogP contribution in [0.1, 0.15) is 18.1 Å². The Morgan fingerprint density at radius 1 is 1.37 bits per heavy atom. The van der Waals surface area contributed by atoms with Crippen molar-refractivity contribution in [2.75, 3.05) is 38.7 Å². The summed E-state index contributed by atoms with van der Waals surface area (Å²) in [6.07, 6.45) is -1.01. The van der Waals surface area contributed by atoms with Gasteiger partial charge in [-0.1, -0.05) is 17.7 Å². The van der Waals surface area contributed by atoms with Gasteiger partial charge >= 0.3 is 12.1 Å². The molecule has 1 fully saturated rings. The lowest BCUT2D eigenvalue weighted by molar-refractivity contribution is 0.0312. The van der Waals surface area contributed by atoms with Crippen LogP contribution in [0.2, 0.25) is 5.02 Å². The standard InChI is InChI=1S/C17H22Cl2FN3O4/c18-4-1-5-21-16(24)22-9-12-10-23(17(25)26)6-7-27-15(12)11-2-3-13(19)14(20)8-11/h2-3,8,12,15H,1,4-7,9-10H2,(H,25,26)(H2,21,22,24)/t12-,15+/m1/s1. The van der Waals surface area contributed by atoms with Crippen LogP contribution < -0.4 is 10.6 Å². The Balaban J connectivity index is 2.12. The zero-order valence-corrected chi connectivity index (χ0v) is 16.1. The number of carbonyl (C=O) groups is 2. The smallest absolute Gasteiger partial charge is 0.407 e. The summed E-state index contributed by atoms with van der Waals surface area (Å²) in [6, 6.07) is 3.96. The Bertz CT molecular complexity index is 665. The zero-order chi connectivity index (χ0) is 19.8. The van der Waals surface area contributed by atoms with E-state index in [-0.39, 0.29) is 37.3 Å². The number of alkyl halides is 1. The summed E-state index contributed by atoms with van der Waals surface area (Å²) >= 11 is 11.3. The van der Waals surface area contributed by atoms with Crippen LogP contribution in [0.5, 0.6) is 0 Å². The molecule has 0 aromatic heterocycles. The predicted molar refractivity (Wildman–Crippen MR) is 99.9 cm³/mol. The van der Waals surface area contributed by atoms with Gasteiger partial charge in [-0.15, -0.1) is 11.6 Å². The minimum Gasteiger partial charge on any atom is -0.465 e. The van der Waals surface area contributed by atoms with E-state index in [1.54, 1.807) is 6.07 Å². The first-order chi connectivity index (χ1) is 12.9. The molecule has 3 amide bonds. The first kappa shape index (κ1) is 21.5. The Labute approximate surface area is 166 Å². The van der Waals surface area contributed by atoms with Crippen molar-refractivity contribution in [2.24, 2.45) is 5.92 Å². The lowest BCUT2D eigenvalue weighted by Crippen LogP contribution is -2.43. The second kappa shape index (κ2) is 10.5. The number of hydrogen-bond acceptors (Lipinski definition) is 3. The third-order valence-corrected chi connectivity index (χ3v) is 4.78. The van der Waals surface area contributed by atoms with E-state index in [4.69, 9.17) is 27.9 Å². The Morgan fingerprint density at radius 2 is 2.15 bits per heavy atom. The molecule has 1 aromatic carbocycles. The van der Waals surface area contributed by atoms with Crippen molar-refractivity contribution in [3.8, 4) is 0 Å². The number of halogens is 3. The number of carbonyl (C=O) groups excluding carboxylic acids is 1. The summed E-state index contributed by atoms with van der Waals surface area (Å²) in [5.74, 6) is -0.542. The highest BCUT2D eigenvalue weighted by molar-refractivity contribution is 6.30. The number of benzene rings is 1. The van der Waals surface area contributed by atoms with Crippen LogP contribution in [-0.4, -0.2) is 60.8 Å². The van der Waals surface area contributed by atoms with Gasteiger partial charge in [0.2, 0.25) is 0 Å². The third kappa shape index (κ3) is 6.41. The number of urea groups is 1. The third-order valence-electron chi connectivity index (χ3n) is 4.21. The number of nitrogens with zero attached hydrogens (tertiary/aromatic N) is 1. The molecule has 1 saturated heterocycles. The molecule has 1 heterocycles. The molecule has 1 aliphatic heterocycles. The second-order valence-electron chi connectivity index (χ2n) is 6.13. The molecule has 0 aliphatic carbocycles. The molecule has 27 heavy (non-hydrogen) atoms. The highest BCUT2D eigenvalue weighted by Gasteiger charge is 2.31. The maximum absolute atomic E-state index is 13.9. The molecule has 150 valence electrons. The van der Waals surface area contributed by atoms with Crippen molar-refractivity contribution in [2.45, 2.75) is 12.5 Å². The van der Waals surface area contributed by atoms with Gasteiger partial charge in [0.05, 0.1) is 17.7 Å². The van der Waals surface area contributed by atoms with Crippen molar-refractivity contribution in [3.05, 3.63) is 34.6 Å². The lowest BCUT2D eigenvalue weighted by atomic mass is 9.95.